The zero-order valence-corrected chi connectivity index (χ0v) is 13.7. The summed E-state index contributed by atoms with van der Waals surface area (Å²) in [4.78, 5) is 13.3. The van der Waals surface area contributed by atoms with Crippen molar-refractivity contribution in [1.29, 1.82) is 0 Å². The lowest BCUT2D eigenvalue weighted by Crippen LogP contribution is -2.38. The minimum atomic E-state index is 0.108. The molecule has 2 rings (SSSR count). The first kappa shape index (κ1) is 16.2. The molecule has 116 valence electrons. The van der Waals surface area contributed by atoms with Crippen LogP contribution in [0.2, 0.25) is 0 Å². The summed E-state index contributed by atoms with van der Waals surface area (Å²) in [5.74, 6) is 0.108. The molecule has 1 aliphatic rings. The van der Waals surface area contributed by atoms with Crippen LogP contribution in [0, 0.1) is 0 Å². The van der Waals surface area contributed by atoms with Gasteiger partial charge in [-0.3, -0.25) is 4.79 Å². The molecule has 2 N–H and O–H groups in total. The van der Waals surface area contributed by atoms with Crippen LogP contribution >= 0.6 is 11.8 Å². The number of para-hydroxylation sites is 1. The molecule has 1 fully saturated rings. The van der Waals surface area contributed by atoms with E-state index < -0.39 is 0 Å². The van der Waals surface area contributed by atoms with Crippen molar-refractivity contribution in [3.63, 3.8) is 0 Å². The third-order valence-corrected chi connectivity index (χ3v) is 4.81. The van der Waals surface area contributed by atoms with Crippen LogP contribution in [-0.2, 0) is 4.79 Å². The summed E-state index contributed by atoms with van der Waals surface area (Å²) in [7, 11) is 0. The van der Waals surface area contributed by atoms with Crippen molar-refractivity contribution in [2.45, 2.75) is 55.9 Å². The second kappa shape index (κ2) is 8.98. The van der Waals surface area contributed by atoms with Crippen molar-refractivity contribution in [3.05, 3.63) is 24.3 Å². The highest BCUT2D eigenvalue weighted by atomic mass is 32.2. The number of hydrogen-bond donors (Lipinski definition) is 2. The second-order valence-electron chi connectivity index (χ2n) is 5.66. The quantitative estimate of drug-likeness (QED) is 0.806. The van der Waals surface area contributed by atoms with Crippen molar-refractivity contribution in [1.82, 2.24) is 5.32 Å². The van der Waals surface area contributed by atoms with Gasteiger partial charge in [-0.25, -0.2) is 0 Å². The van der Waals surface area contributed by atoms with E-state index in [0.29, 0.717) is 12.6 Å². The minimum absolute atomic E-state index is 0.108. The van der Waals surface area contributed by atoms with E-state index in [-0.39, 0.29) is 5.91 Å². The Balaban J connectivity index is 1.78. The highest BCUT2D eigenvalue weighted by molar-refractivity contribution is 7.98. The fourth-order valence-electron chi connectivity index (χ4n) is 2.85. The van der Waals surface area contributed by atoms with E-state index in [1.54, 1.807) is 11.8 Å². The Morgan fingerprint density at radius 3 is 2.52 bits per heavy atom. The maximum absolute atomic E-state index is 12.1. The van der Waals surface area contributed by atoms with Gasteiger partial charge in [0.25, 0.3) is 0 Å². The van der Waals surface area contributed by atoms with Gasteiger partial charge in [0.15, 0.2) is 0 Å². The molecular weight excluding hydrogens is 280 g/mol. The van der Waals surface area contributed by atoms with Crippen molar-refractivity contribution >= 4 is 23.4 Å². The Morgan fingerprint density at radius 1 is 1.14 bits per heavy atom. The molecular formula is C17H26N2OS. The van der Waals surface area contributed by atoms with Gasteiger partial charge in [-0.05, 0) is 31.2 Å². The molecule has 1 saturated carbocycles. The molecule has 0 aromatic heterocycles. The lowest BCUT2D eigenvalue weighted by Gasteiger charge is -2.21. The first-order valence-electron chi connectivity index (χ1n) is 7.96. The van der Waals surface area contributed by atoms with Crippen LogP contribution in [0.3, 0.4) is 0 Å². The molecule has 0 saturated heterocycles. The van der Waals surface area contributed by atoms with Crippen molar-refractivity contribution < 1.29 is 4.79 Å². The van der Waals surface area contributed by atoms with E-state index in [0.717, 1.165) is 18.5 Å². The third-order valence-electron chi connectivity index (χ3n) is 4.02. The van der Waals surface area contributed by atoms with Crippen molar-refractivity contribution in [2.24, 2.45) is 0 Å². The van der Waals surface area contributed by atoms with Gasteiger partial charge in [0.2, 0.25) is 5.91 Å². The van der Waals surface area contributed by atoms with E-state index in [4.69, 9.17) is 0 Å². The number of benzene rings is 1. The van der Waals surface area contributed by atoms with Crippen LogP contribution in [0.1, 0.15) is 44.9 Å². The standard InChI is InChI=1S/C17H26N2OS/c1-21-16-12-8-7-11-15(16)18-13-17(20)19-14-9-5-3-2-4-6-10-14/h7-8,11-12,14,18H,2-6,9-10,13H2,1H3,(H,19,20). The Bertz CT molecular complexity index is 442. The predicted octanol–water partition coefficient (Wildman–Crippen LogP) is 4.05. The van der Waals surface area contributed by atoms with Gasteiger partial charge >= 0.3 is 0 Å². The number of carbonyl (C=O) groups excluding carboxylic acids is 1. The predicted molar refractivity (Wildman–Crippen MR) is 91.0 cm³/mol. The number of anilines is 1. The summed E-state index contributed by atoms with van der Waals surface area (Å²) >= 11 is 1.69. The SMILES string of the molecule is CSc1ccccc1NCC(=O)NC1CCCCCCC1. The molecule has 4 heteroatoms. The normalized spacial score (nSPS) is 16.8. The van der Waals surface area contributed by atoms with Crippen LogP contribution < -0.4 is 10.6 Å². The molecule has 0 atom stereocenters. The molecule has 21 heavy (non-hydrogen) atoms. The molecule has 3 nitrogen and oxygen atoms in total. The second-order valence-corrected chi connectivity index (χ2v) is 6.51. The zero-order chi connectivity index (χ0) is 14.9. The van der Waals surface area contributed by atoms with E-state index in [1.165, 1.54) is 37.0 Å². The Kier molecular flexibility index (Phi) is 6.93. The summed E-state index contributed by atoms with van der Waals surface area (Å²) in [6.07, 6.45) is 10.8. The first-order valence-corrected chi connectivity index (χ1v) is 9.18. The molecule has 1 aromatic rings. The average Bonchev–Trinajstić information content (AvgIpc) is 2.48. The van der Waals surface area contributed by atoms with Crippen LogP contribution in [-0.4, -0.2) is 24.7 Å². The largest absolute Gasteiger partial charge is 0.375 e. The summed E-state index contributed by atoms with van der Waals surface area (Å²) in [5, 5.41) is 6.43. The highest BCUT2D eigenvalue weighted by Crippen LogP contribution is 2.24. The van der Waals surface area contributed by atoms with E-state index >= 15 is 0 Å². The molecule has 0 aliphatic heterocycles. The van der Waals surface area contributed by atoms with Gasteiger partial charge in [-0.15, -0.1) is 11.8 Å². The Morgan fingerprint density at radius 2 is 1.81 bits per heavy atom. The third kappa shape index (κ3) is 5.62. The maximum Gasteiger partial charge on any atom is 0.239 e. The van der Waals surface area contributed by atoms with E-state index in [9.17, 15) is 4.79 Å². The number of thioether (sulfide) groups is 1. The number of nitrogens with one attached hydrogen (secondary N) is 2. The van der Waals surface area contributed by atoms with Gasteiger partial charge in [0.1, 0.15) is 0 Å². The van der Waals surface area contributed by atoms with Gasteiger partial charge in [0.05, 0.1) is 6.54 Å². The molecule has 0 bridgehead atoms. The van der Waals surface area contributed by atoms with E-state index in [2.05, 4.69) is 23.0 Å². The van der Waals surface area contributed by atoms with Crippen LogP contribution in [0.5, 0.6) is 0 Å². The molecule has 0 radical (unpaired) electrons. The monoisotopic (exact) mass is 306 g/mol. The van der Waals surface area contributed by atoms with E-state index in [1.807, 2.05) is 18.2 Å². The van der Waals surface area contributed by atoms with Gasteiger partial charge in [-0.1, -0.05) is 44.2 Å². The maximum atomic E-state index is 12.1. The van der Waals surface area contributed by atoms with Gasteiger partial charge < -0.3 is 10.6 Å². The molecule has 1 amide bonds. The number of rotatable bonds is 5. The number of carbonyl (C=O) groups is 1. The molecule has 0 unspecified atom stereocenters. The Labute approximate surface area is 132 Å². The summed E-state index contributed by atoms with van der Waals surface area (Å²) in [5.41, 5.74) is 1.04. The van der Waals surface area contributed by atoms with Crippen LogP contribution in [0.25, 0.3) is 0 Å². The summed E-state index contributed by atoms with van der Waals surface area (Å²) in [6, 6.07) is 8.48. The average molecular weight is 306 g/mol. The topological polar surface area (TPSA) is 41.1 Å². The first-order chi connectivity index (χ1) is 10.3. The van der Waals surface area contributed by atoms with Crippen molar-refractivity contribution in [3.8, 4) is 0 Å². The Hall–Kier alpha value is -1.16. The molecule has 1 aromatic carbocycles. The lowest BCUT2D eigenvalue weighted by molar-refractivity contribution is -0.120. The number of amides is 1. The van der Waals surface area contributed by atoms with Crippen molar-refractivity contribution in [2.75, 3.05) is 18.1 Å². The van der Waals surface area contributed by atoms with Crippen LogP contribution in [0.4, 0.5) is 5.69 Å². The highest BCUT2D eigenvalue weighted by Gasteiger charge is 2.14. The van der Waals surface area contributed by atoms with Gasteiger partial charge in [-0.2, -0.15) is 0 Å². The molecule has 0 spiro atoms. The zero-order valence-electron chi connectivity index (χ0n) is 12.9. The fraction of sp³-hybridized carbons (Fsp3) is 0.588. The smallest absolute Gasteiger partial charge is 0.239 e. The fourth-order valence-corrected chi connectivity index (χ4v) is 3.42. The summed E-state index contributed by atoms with van der Waals surface area (Å²) in [6.45, 7) is 0.355. The number of hydrogen-bond acceptors (Lipinski definition) is 3. The van der Waals surface area contributed by atoms with Gasteiger partial charge in [0, 0.05) is 16.6 Å². The minimum Gasteiger partial charge on any atom is -0.375 e. The molecule has 0 heterocycles. The summed E-state index contributed by atoms with van der Waals surface area (Å²) < 4.78 is 0. The van der Waals surface area contributed by atoms with Crippen LogP contribution in [0.15, 0.2) is 29.2 Å². The lowest BCUT2D eigenvalue weighted by atomic mass is 9.97. The molecule has 1 aliphatic carbocycles.